The van der Waals surface area contributed by atoms with E-state index in [0.717, 1.165) is 11.1 Å². The molecule has 0 fully saturated rings. The van der Waals surface area contributed by atoms with Crippen LogP contribution in [0.25, 0.3) is 0 Å². The summed E-state index contributed by atoms with van der Waals surface area (Å²) in [5.74, 6) is 0.317. The van der Waals surface area contributed by atoms with Gasteiger partial charge >= 0.3 is 0 Å². The third kappa shape index (κ3) is 4.73. The average Bonchev–Trinajstić information content (AvgIpc) is 2.56. The Balaban J connectivity index is 2.29. The Morgan fingerprint density at radius 3 is 2.48 bits per heavy atom. The molecule has 0 heterocycles. The summed E-state index contributed by atoms with van der Waals surface area (Å²) in [6.45, 7) is 2.03. The van der Waals surface area contributed by atoms with Gasteiger partial charge in [-0.1, -0.05) is 35.9 Å². The molecular formula is C18H23ClN2O3S. The van der Waals surface area contributed by atoms with Crippen LogP contribution in [0.2, 0.25) is 5.02 Å². The van der Waals surface area contributed by atoms with Gasteiger partial charge < -0.3 is 9.64 Å². The molecule has 0 saturated heterocycles. The monoisotopic (exact) mass is 382 g/mol. The first-order chi connectivity index (χ1) is 11.8. The summed E-state index contributed by atoms with van der Waals surface area (Å²) in [5.41, 5.74) is 1.71. The molecule has 0 bridgehead atoms. The SMILES string of the molecule is COc1ccc(C)cc1S(=O)(=O)NCC(c1ccccc1Cl)N(C)C. The van der Waals surface area contributed by atoms with E-state index in [2.05, 4.69) is 4.72 Å². The van der Waals surface area contributed by atoms with Crippen molar-refractivity contribution < 1.29 is 13.2 Å². The minimum atomic E-state index is -3.72. The number of sulfonamides is 1. The fourth-order valence-electron chi connectivity index (χ4n) is 2.58. The van der Waals surface area contributed by atoms with Crippen LogP contribution in [0.4, 0.5) is 0 Å². The van der Waals surface area contributed by atoms with E-state index in [4.69, 9.17) is 16.3 Å². The molecule has 1 N–H and O–H groups in total. The first kappa shape index (κ1) is 19.7. The molecule has 2 aromatic rings. The largest absolute Gasteiger partial charge is 0.495 e. The van der Waals surface area contributed by atoms with Gasteiger partial charge in [0.1, 0.15) is 10.6 Å². The lowest BCUT2D eigenvalue weighted by Gasteiger charge is -2.26. The highest BCUT2D eigenvalue weighted by atomic mass is 35.5. The number of nitrogens with zero attached hydrogens (tertiary/aromatic N) is 1. The molecule has 0 spiro atoms. The van der Waals surface area contributed by atoms with Crippen LogP contribution >= 0.6 is 11.6 Å². The molecule has 0 saturated carbocycles. The molecular weight excluding hydrogens is 360 g/mol. The van der Waals surface area contributed by atoms with Crippen molar-refractivity contribution in [1.82, 2.24) is 9.62 Å². The van der Waals surface area contributed by atoms with E-state index in [-0.39, 0.29) is 17.5 Å². The van der Waals surface area contributed by atoms with Crippen LogP contribution in [0.1, 0.15) is 17.2 Å². The van der Waals surface area contributed by atoms with E-state index in [0.29, 0.717) is 10.8 Å². The number of hydrogen-bond donors (Lipinski definition) is 1. The second kappa shape index (κ2) is 8.19. The number of halogens is 1. The first-order valence-corrected chi connectivity index (χ1v) is 9.67. The summed E-state index contributed by atoms with van der Waals surface area (Å²) in [5, 5.41) is 0.605. The lowest BCUT2D eigenvalue weighted by molar-refractivity contribution is 0.299. The number of methoxy groups -OCH3 is 1. The zero-order valence-electron chi connectivity index (χ0n) is 14.8. The fraction of sp³-hybridized carbons (Fsp3) is 0.333. The van der Waals surface area contributed by atoms with E-state index in [9.17, 15) is 8.42 Å². The molecule has 2 rings (SSSR count). The van der Waals surface area contributed by atoms with E-state index in [1.165, 1.54) is 7.11 Å². The molecule has 7 heteroatoms. The smallest absolute Gasteiger partial charge is 0.244 e. The maximum atomic E-state index is 12.8. The zero-order valence-corrected chi connectivity index (χ0v) is 16.4. The Hall–Kier alpha value is -1.60. The molecule has 0 aliphatic heterocycles. The van der Waals surface area contributed by atoms with Crippen molar-refractivity contribution >= 4 is 21.6 Å². The van der Waals surface area contributed by atoms with Gasteiger partial charge in [-0.2, -0.15) is 0 Å². The van der Waals surface area contributed by atoms with Crippen LogP contribution < -0.4 is 9.46 Å². The number of benzene rings is 2. The van der Waals surface area contributed by atoms with E-state index in [1.54, 1.807) is 18.2 Å². The molecule has 25 heavy (non-hydrogen) atoms. The van der Waals surface area contributed by atoms with Crippen LogP contribution in [-0.2, 0) is 10.0 Å². The van der Waals surface area contributed by atoms with Gasteiger partial charge in [-0.25, -0.2) is 13.1 Å². The van der Waals surface area contributed by atoms with Gasteiger partial charge in [0.05, 0.1) is 7.11 Å². The van der Waals surface area contributed by atoms with Gasteiger partial charge in [0.2, 0.25) is 10.0 Å². The predicted octanol–water partition coefficient (Wildman–Crippen LogP) is 3.24. The van der Waals surface area contributed by atoms with Crippen molar-refractivity contribution in [3.05, 3.63) is 58.6 Å². The highest BCUT2D eigenvalue weighted by Crippen LogP contribution is 2.28. The summed E-state index contributed by atoms with van der Waals surface area (Å²) in [4.78, 5) is 2.06. The van der Waals surface area contributed by atoms with Crippen LogP contribution in [0, 0.1) is 6.92 Å². The van der Waals surface area contributed by atoms with E-state index in [1.807, 2.05) is 50.2 Å². The minimum absolute atomic E-state index is 0.131. The van der Waals surface area contributed by atoms with Gasteiger partial charge in [0.25, 0.3) is 0 Å². The quantitative estimate of drug-likeness (QED) is 0.798. The summed E-state index contributed by atoms with van der Waals surface area (Å²) in [7, 11) is 1.50. The first-order valence-electron chi connectivity index (χ1n) is 7.81. The molecule has 136 valence electrons. The molecule has 2 aromatic carbocycles. The molecule has 0 amide bonds. The maximum absolute atomic E-state index is 12.8. The van der Waals surface area contributed by atoms with Gasteiger partial charge in [-0.3, -0.25) is 0 Å². The summed E-state index contributed by atoms with van der Waals surface area (Å²) < 4.78 is 33.4. The van der Waals surface area contributed by atoms with Crippen LogP contribution in [-0.4, -0.2) is 41.1 Å². The highest BCUT2D eigenvalue weighted by molar-refractivity contribution is 7.89. The number of aryl methyl sites for hydroxylation is 1. The minimum Gasteiger partial charge on any atom is -0.495 e. The fourth-order valence-corrected chi connectivity index (χ4v) is 4.13. The molecule has 5 nitrogen and oxygen atoms in total. The molecule has 1 atom stereocenters. The van der Waals surface area contributed by atoms with Gasteiger partial charge in [0.15, 0.2) is 0 Å². The van der Waals surface area contributed by atoms with E-state index >= 15 is 0 Å². The topological polar surface area (TPSA) is 58.6 Å². The van der Waals surface area contributed by atoms with Crippen molar-refractivity contribution in [2.24, 2.45) is 0 Å². The van der Waals surface area contributed by atoms with Gasteiger partial charge in [-0.15, -0.1) is 0 Å². The van der Waals surface area contributed by atoms with Gasteiger partial charge in [0, 0.05) is 17.6 Å². The number of hydrogen-bond acceptors (Lipinski definition) is 4. The number of rotatable bonds is 7. The third-order valence-corrected chi connectivity index (χ3v) is 5.75. The molecule has 1 unspecified atom stereocenters. The van der Waals surface area contributed by atoms with Crippen LogP contribution in [0.3, 0.4) is 0 Å². The third-order valence-electron chi connectivity index (χ3n) is 3.96. The standard InChI is InChI=1S/C18H23ClN2O3S/c1-13-9-10-17(24-4)18(11-13)25(22,23)20-12-16(21(2)3)14-7-5-6-8-15(14)19/h5-11,16,20H,12H2,1-4H3. The number of likely N-dealkylation sites (N-methyl/N-ethyl adjacent to an activating group) is 1. The molecule has 0 aliphatic carbocycles. The summed E-state index contributed by atoms with van der Waals surface area (Å²) >= 11 is 6.27. The molecule has 0 aromatic heterocycles. The summed E-state index contributed by atoms with van der Waals surface area (Å²) in [6, 6.07) is 12.3. The Morgan fingerprint density at radius 1 is 1.20 bits per heavy atom. The van der Waals surface area contributed by atoms with Crippen molar-refractivity contribution in [1.29, 1.82) is 0 Å². The predicted molar refractivity (Wildman–Crippen MR) is 101 cm³/mol. The Bertz CT molecular complexity index is 838. The van der Waals surface area contributed by atoms with E-state index < -0.39 is 10.0 Å². The molecule has 0 aliphatic rings. The van der Waals surface area contributed by atoms with Crippen molar-refractivity contribution in [2.45, 2.75) is 17.9 Å². The normalized spacial score (nSPS) is 13.0. The zero-order chi connectivity index (χ0) is 18.6. The van der Waals surface area contributed by atoms with Crippen molar-refractivity contribution in [3.8, 4) is 5.75 Å². The molecule has 0 radical (unpaired) electrons. The Morgan fingerprint density at radius 2 is 1.88 bits per heavy atom. The second-order valence-corrected chi connectivity index (χ2v) is 8.15. The van der Waals surface area contributed by atoms with Crippen molar-refractivity contribution in [3.63, 3.8) is 0 Å². The lowest BCUT2D eigenvalue weighted by atomic mass is 10.1. The Labute approximate surface area is 154 Å². The number of nitrogens with one attached hydrogen (secondary N) is 1. The van der Waals surface area contributed by atoms with Gasteiger partial charge in [-0.05, 0) is 50.3 Å². The lowest BCUT2D eigenvalue weighted by Crippen LogP contribution is -2.34. The Kier molecular flexibility index (Phi) is 6.46. The number of ether oxygens (including phenoxy) is 1. The van der Waals surface area contributed by atoms with Crippen LogP contribution in [0.15, 0.2) is 47.4 Å². The average molecular weight is 383 g/mol. The maximum Gasteiger partial charge on any atom is 0.244 e. The second-order valence-electron chi connectivity index (χ2n) is 6.01. The van der Waals surface area contributed by atoms with Crippen molar-refractivity contribution in [2.75, 3.05) is 27.7 Å². The summed E-state index contributed by atoms with van der Waals surface area (Å²) in [6.07, 6.45) is 0. The van der Waals surface area contributed by atoms with Crippen LogP contribution in [0.5, 0.6) is 5.75 Å². The highest BCUT2D eigenvalue weighted by Gasteiger charge is 2.23.